The van der Waals surface area contributed by atoms with Gasteiger partial charge in [-0.25, -0.2) is 4.79 Å². The van der Waals surface area contributed by atoms with E-state index in [4.69, 9.17) is 14.2 Å². The molecule has 1 spiro atoms. The molecule has 4 bridgehead atoms. The fourth-order valence-electron chi connectivity index (χ4n) is 9.25. The Morgan fingerprint density at radius 3 is 2.27 bits per heavy atom. The molecule has 0 aromatic heterocycles. The Morgan fingerprint density at radius 1 is 0.927 bits per heavy atom. The number of phenolic OH excluding ortho intramolecular Hbond substituents is 2. The predicted molar refractivity (Wildman–Crippen MR) is 213 cm³/mol. The molecule has 0 amide bonds. The van der Waals surface area contributed by atoms with Crippen molar-refractivity contribution in [3.63, 3.8) is 0 Å². The van der Waals surface area contributed by atoms with Crippen LogP contribution in [0, 0.1) is 11.8 Å². The van der Waals surface area contributed by atoms with Crippen molar-refractivity contribution in [3.8, 4) is 17.2 Å². The number of nitrogens with zero attached hydrogens (tertiary/aromatic N) is 2. The van der Waals surface area contributed by atoms with Crippen LogP contribution in [0.25, 0.3) is 0 Å². The number of carbonyl (C=O) groups excluding carboxylic acids is 3. The molecule has 1 aromatic rings. The summed E-state index contributed by atoms with van der Waals surface area (Å²) in [4.78, 5) is 47.3. The number of esters is 1. The molecule has 0 unspecified atom stereocenters. The van der Waals surface area contributed by atoms with Crippen LogP contribution in [0.15, 0.2) is 58.2 Å². The maximum Gasteiger partial charge on any atom is 0.333 e. The zero-order valence-corrected chi connectivity index (χ0v) is 34.3. The minimum atomic E-state index is -1.63. The number of hydrogen-bond donors (Lipinski definition) is 2. The van der Waals surface area contributed by atoms with Gasteiger partial charge in [0.2, 0.25) is 0 Å². The number of ether oxygens (including phenoxy) is 3. The van der Waals surface area contributed by atoms with E-state index in [1.165, 1.54) is 5.57 Å². The number of allylic oxidation sites excluding steroid dienone is 7. The topological polar surface area (TPSA) is 126 Å². The molecular weight excluding hydrogens is 697 g/mol. The van der Waals surface area contributed by atoms with Crippen LogP contribution in [0.4, 0.5) is 0 Å². The van der Waals surface area contributed by atoms with Crippen molar-refractivity contribution in [2.45, 2.75) is 111 Å². The second kappa shape index (κ2) is 15.5. The SMILES string of the molecule is CC(C)=CCC/C(C)=C/Cc1c(O)c(CC=C(C)C)c2c(c1O)C(=O)C1=C[C@@H]3C[C@@H]4C(C)(C)O[C@@](C/C=C(/C)C(=O)OCCN5CCN(C)CC5)(C3=O)[C@@]14O2. The molecule has 3 aliphatic carbocycles. The summed E-state index contributed by atoms with van der Waals surface area (Å²) in [7, 11) is 2.10. The third-order valence-corrected chi connectivity index (χ3v) is 12.4. The molecule has 2 N–H and O–H groups in total. The molecule has 7 rings (SSSR count). The fraction of sp³-hybridized carbons (Fsp3) is 0.578. The van der Waals surface area contributed by atoms with Gasteiger partial charge in [0.15, 0.2) is 22.8 Å². The molecule has 1 saturated carbocycles. The molecule has 2 saturated heterocycles. The van der Waals surface area contributed by atoms with E-state index in [0.717, 1.165) is 50.2 Å². The average Bonchev–Trinajstić information content (AvgIpc) is 3.27. The quantitative estimate of drug-likeness (QED) is 0.124. The molecule has 10 heteroatoms. The van der Waals surface area contributed by atoms with Crippen LogP contribution in [0.3, 0.4) is 0 Å². The number of carbonyl (C=O) groups is 3. The lowest BCUT2D eigenvalue weighted by Crippen LogP contribution is -2.72. The molecule has 10 nitrogen and oxygen atoms in total. The van der Waals surface area contributed by atoms with Crippen molar-refractivity contribution in [2.75, 3.05) is 46.4 Å². The zero-order chi connectivity index (χ0) is 40.0. The summed E-state index contributed by atoms with van der Waals surface area (Å²) in [5.41, 5.74) is 0.565. The lowest BCUT2D eigenvalue weighted by atomic mass is 9.51. The molecule has 4 atom stereocenters. The number of fused-ring (bicyclic) bond motifs is 1. The highest BCUT2D eigenvalue weighted by atomic mass is 16.6. The largest absolute Gasteiger partial charge is 0.507 e. The summed E-state index contributed by atoms with van der Waals surface area (Å²) in [5, 5.41) is 23.8. The normalized spacial score (nSPS) is 27.3. The van der Waals surface area contributed by atoms with Gasteiger partial charge in [0, 0.05) is 73.3 Å². The van der Waals surface area contributed by atoms with Gasteiger partial charge in [0.05, 0.1) is 5.60 Å². The van der Waals surface area contributed by atoms with E-state index in [9.17, 15) is 24.6 Å². The first-order valence-corrected chi connectivity index (χ1v) is 19.9. The maximum absolute atomic E-state index is 15.0. The van der Waals surface area contributed by atoms with Gasteiger partial charge in [-0.1, -0.05) is 47.1 Å². The van der Waals surface area contributed by atoms with Crippen LogP contribution >= 0.6 is 0 Å². The van der Waals surface area contributed by atoms with Crippen LogP contribution in [0.2, 0.25) is 0 Å². The van der Waals surface area contributed by atoms with E-state index in [-0.39, 0.29) is 60.0 Å². The average molecular weight is 757 g/mol. The van der Waals surface area contributed by atoms with Crippen LogP contribution in [-0.4, -0.2) is 101 Å². The van der Waals surface area contributed by atoms with Crippen LogP contribution < -0.4 is 4.74 Å². The summed E-state index contributed by atoms with van der Waals surface area (Å²) >= 11 is 0. The third kappa shape index (κ3) is 7.26. The monoisotopic (exact) mass is 756 g/mol. The van der Waals surface area contributed by atoms with E-state index < -0.39 is 40.4 Å². The Hall–Kier alpha value is -3.99. The lowest BCUT2D eigenvalue weighted by Gasteiger charge is -2.56. The summed E-state index contributed by atoms with van der Waals surface area (Å²) in [6.45, 7) is 20.2. The van der Waals surface area contributed by atoms with E-state index >= 15 is 0 Å². The minimum Gasteiger partial charge on any atom is -0.507 e. The summed E-state index contributed by atoms with van der Waals surface area (Å²) in [6, 6.07) is 0. The Balaban J connectivity index is 1.37. The summed E-state index contributed by atoms with van der Waals surface area (Å²) < 4.78 is 19.6. The summed E-state index contributed by atoms with van der Waals surface area (Å²) in [5.74, 6) is -2.48. The predicted octanol–water partition coefficient (Wildman–Crippen LogP) is 6.98. The van der Waals surface area contributed by atoms with Crippen molar-refractivity contribution < 1.29 is 38.8 Å². The number of hydrogen-bond acceptors (Lipinski definition) is 10. The summed E-state index contributed by atoms with van der Waals surface area (Å²) in [6.07, 6.45) is 12.1. The highest BCUT2D eigenvalue weighted by Crippen LogP contribution is 2.68. The van der Waals surface area contributed by atoms with Crippen molar-refractivity contribution in [3.05, 3.63) is 74.9 Å². The smallest absolute Gasteiger partial charge is 0.333 e. The van der Waals surface area contributed by atoms with E-state index in [1.807, 2.05) is 46.8 Å². The highest BCUT2D eigenvalue weighted by molar-refractivity contribution is 6.18. The molecule has 298 valence electrons. The van der Waals surface area contributed by atoms with E-state index in [2.05, 4.69) is 36.8 Å². The fourth-order valence-corrected chi connectivity index (χ4v) is 9.25. The Morgan fingerprint density at radius 2 is 1.60 bits per heavy atom. The Labute approximate surface area is 326 Å². The minimum absolute atomic E-state index is 0.000399. The Bertz CT molecular complexity index is 1900. The van der Waals surface area contributed by atoms with Gasteiger partial charge in [-0.3, -0.25) is 14.5 Å². The van der Waals surface area contributed by atoms with Gasteiger partial charge >= 0.3 is 5.97 Å². The van der Waals surface area contributed by atoms with Crippen molar-refractivity contribution in [1.82, 2.24) is 9.80 Å². The number of rotatable bonds is 13. The van der Waals surface area contributed by atoms with Gasteiger partial charge in [-0.15, -0.1) is 0 Å². The molecule has 3 heterocycles. The van der Waals surface area contributed by atoms with Crippen molar-refractivity contribution >= 4 is 17.5 Å². The maximum atomic E-state index is 15.0. The van der Waals surface area contributed by atoms with Crippen LogP contribution in [0.1, 0.15) is 103 Å². The van der Waals surface area contributed by atoms with Crippen LogP contribution in [-0.2, 0) is 31.9 Å². The first kappa shape index (κ1) is 40.7. The van der Waals surface area contributed by atoms with E-state index in [0.29, 0.717) is 29.7 Å². The van der Waals surface area contributed by atoms with E-state index in [1.54, 1.807) is 19.1 Å². The van der Waals surface area contributed by atoms with Gasteiger partial charge in [0.1, 0.15) is 29.4 Å². The zero-order valence-electron chi connectivity index (χ0n) is 34.3. The number of phenols is 2. The third-order valence-electron chi connectivity index (χ3n) is 12.4. The molecule has 6 aliphatic rings. The number of aromatic hydroxyl groups is 2. The Kier molecular flexibility index (Phi) is 11.5. The number of Topliss-reactive ketones (excluding diaryl/α,β-unsaturated/α-hetero) is 2. The number of likely N-dealkylation sites (N-methyl/N-ethyl adjacent to an activating group) is 1. The van der Waals surface area contributed by atoms with Gasteiger partial charge in [0.25, 0.3) is 0 Å². The molecule has 1 aromatic carbocycles. The molecule has 3 aliphatic heterocycles. The molecule has 3 fully saturated rings. The molecule has 0 radical (unpaired) electrons. The first-order chi connectivity index (χ1) is 25.9. The second-order valence-electron chi connectivity index (χ2n) is 17.3. The second-order valence-corrected chi connectivity index (χ2v) is 17.3. The highest BCUT2D eigenvalue weighted by Gasteiger charge is 2.81. The van der Waals surface area contributed by atoms with Crippen molar-refractivity contribution in [2.24, 2.45) is 11.8 Å². The number of benzene rings is 1. The standard InChI is InChI=1S/C45H60N2O8/c1-27(2)11-10-12-29(5)14-16-32-37(48)33(15-13-28(3)4)40-36(38(32)49)39(50)34-25-31-26-35-43(7,8)55-44(41(31)51,45(34,35)54-40)18-17-30(6)42(52)53-24-23-47-21-19-46(9)20-22-47/h11,13-14,17,25,31,35,48-49H,10,12,15-16,18-24,26H2,1-9H3/b29-14+,30-17-/t31-,35-,44+,45-/m1/s1. The van der Waals surface area contributed by atoms with Crippen molar-refractivity contribution in [1.29, 1.82) is 0 Å². The van der Waals surface area contributed by atoms with Gasteiger partial charge < -0.3 is 29.3 Å². The van der Waals surface area contributed by atoms with Gasteiger partial charge in [-0.05, 0) is 94.5 Å². The lowest BCUT2D eigenvalue weighted by molar-refractivity contribution is -0.171. The number of ketones is 2. The first-order valence-electron chi connectivity index (χ1n) is 19.9. The van der Waals surface area contributed by atoms with Crippen LogP contribution in [0.5, 0.6) is 17.2 Å². The molecular formula is C45H60N2O8. The number of piperazine rings is 1. The molecule has 55 heavy (non-hydrogen) atoms. The van der Waals surface area contributed by atoms with Gasteiger partial charge in [-0.2, -0.15) is 0 Å².